The molecule has 0 fully saturated rings. The first kappa shape index (κ1) is 13.6. The molecule has 0 spiro atoms. The molecule has 1 aromatic carbocycles. The summed E-state index contributed by atoms with van der Waals surface area (Å²) in [4.78, 5) is 15.0. The van der Waals surface area contributed by atoms with Gasteiger partial charge in [0, 0.05) is 6.20 Å². The van der Waals surface area contributed by atoms with E-state index in [0.29, 0.717) is 5.56 Å². The van der Waals surface area contributed by atoms with Gasteiger partial charge in [-0.2, -0.15) is 0 Å². The van der Waals surface area contributed by atoms with Gasteiger partial charge in [-0.05, 0) is 36.3 Å². The number of carboxylic acids is 1. The Balaban J connectivity index is 1.80. The van der Waals surface area contributed by atoms with Gasteiger partial charge in [0.2, 0.25) is 0 Å². The van der Waals surface area contributed by atoms with Crippen molar-refractivity contribution in [2.24, 2.45) is 0 Å². The minimum atomic E-state index is -0.909. The van der Waals surface area contributed by atoms with Crippen molar-refractivity contribution in [3.05, 3.63) is 59.8 Å². The Labute approximate surface area is 116 Å². The molecule has 19 heavy (non-hydrogen) atoms. The summed E-state index contributed by atoms with van der Waals surface area (Å²) in [7, 11) is 0. The van der Waals surface area contributed by atoms with Gasteiger partial charge in [0.25, 0.3) is 0 Å². The summed E-state index contributed by atoms with van der Waals surface area (Å²) in [5, 5.41) is 9.66. The van der Waals surface area contributed by atoms with Crippen molar-refractivity contribution >= 4 is 17.7 Å². The van der Waals surface area contributed by atoms with Gasteiger partial charge in [0.05, 0.1) is 10.6 Å². The third kappa shape index (κ3) is 4.41. The number of thioether (sulfide) groups is 1. The summed E-state index contributed by atoms with van der Waals surface area (Å²) < 4.78 is 0. The number of carboxylic acid groups (broad SMARTS) is 1. The highest BCUT2D eigenvalue weighted by molar-refractivity contribution is 7.99. The molecule has 0 radical (unpaired) electrons. The molecule has 98 valence electrons. The van der Waals surface area contributed by atoms with E-state index < -0.39 is 5.97 Å². The first-order valence-electron chi connectivity index (χ1n) is 6.12. The zero-order valence-corrected chi connectivity index (χ0v) is 11.3. The van der Waals surface area contributed by atoms with Gasteiger partial charge >= 0.3 is 5.97 Å². The van der Waals surface area contributed by atoms with Crippen molar-refractivity contribution in [3.8, 4) is 0 Å². The molecule has 2 aromatic rings. The molecule has 0 aliphatic heterocycles. The van der Waals surface area contributed by atoms with Crippen molar-refractivity contribution in [1.82, 2.24) is 4.98 Å². The third-order valence-corrected chi connectivity index (χ3v) is 3.70. The van der Waals surface area contributed by atoms with Crippen molar-refractivity contribution < 1.29 is 9.90 Å². The molecule has 4 heteroatoms. The van der Waals surface area contributed by atoms with E-state index in [1.807, 2.05) is 18.2 Å². The Hall–Kier alpha value is -1.81. The van der Waals surface area contributed by atoms with E-state index in [1.165, 1.54) is 11.6 Å². The number of aromatic carboxylic acids is 1. The lowest BCUT2D eigenvalue weighted by Crippen LogP contribution is -1.97. The highest BCUT2D eigenvalue weighted by atomic mass is 32.2. The largest absolute Gasteiger partial charge is 0.478 e. The van der Waals surface area contributed by atoms with E-state index in [0.717, 1.165) is 23.6 Å². The fraction of sp³-hybridized carbons (Fsp3) is 0.200. The average Bonchev–Trinajstić information content (AvgIpc) is 2.45. The maximum Gasteiger partial charge on any atom is 0.335 e. The molecule has 0 bridgehead atoms. The smallest absolute Gasteiger partial charge is 0.335 e. The molecule has 1 heterocycles. The van der Waals surface area contributed by atoms with E-state index in [9.17, 15) is 4.79 Å². The molecular formula is C15H15NO2S. The van der Waals surface area contributed by atoms with Crippen LogP contribution in [0.15, 0.2) is 53.7 Å². The maximum absolute atomic E-state index is 10.8. The van der Waals surface area contributed by atoms with Gasteiger partial charge in [0.1, 0.15) is 0 Å². The van der Waals surface area contributed by atoms with Crippen LogP contribution < -0.4 is 0 Å². The number of benzene rings is 1. The lowest BCUT2D eigenvalue weighted by atomic mass is 10.1. The second kappa shape index (κ2) is 6.95. The molecule has 0 amide bonds. The van der Waals surface area contributed by atoms with Crippen LogP contribution in [0.5, 0.6) is 0 Å². The first-order chi connectivity index (χ1) is 9.25. The molecule has 0 saturated heterocycles. The summed E-state index contributed by atoms with van der Waals surface area (Å²) in [6, 6.07) is 13.5. The fourth-order valence-corrected chi connectivity index (χ4v) is 2.56. The average molecular weight is 273 g/mol. The van der Waals surface area contributed by atoms with Crippen molar-refractivity contribution in [2.75, 3.05) is 5.75 Å². The summed E-state index contributed by atoms with van der Waals surface area (Å²) >= 11 is 1.60. The van der Waals surface area contributed by atoms with Crippen molar-refractivity contribution in [1.29, 1.82) is 0 Å². The van der Waals surface area contributed by atoms with Crippen molar-refractivity contribution in [3.63, 3.8) is 0 Å². The minimum absolute atomic E-state index is 0.292. The molecule has 1 aromatic heterocycles. The van der Waals surface area contributed by atoms with Crippen LogP contribution in [-0.2, 0) is 6.42 Å². The number of hydrogen-bond acceptors (Lipinski definition) is 3. The Morgan fingerprint density at radius 1 is 1.21 bits per heavy atom. The summed E-state index contributed by atoms with van der Waals surface area (Å²) in [6.45, 7) is 0. The van der Waals surface area contributed by atoms with Crippen LogP contribution in [0.3, 0.4) is 0 Å². The summed E-state index contributed by atoms with van der Waals surface area (Å²) in [5.41, 5.74) is 1.62. The molecule has 3 nitrogen and oxygen atoms in total. The van der Waals surface area contributed by atoms with E-state index in [2.05, 4.69) is 17.1 Å². The number of carbonyl (C=O) groups is 1. The molecular weight excluding hydrogens is 258 g/mol. The van der Waals surface area contributed by atoms with Gasteiger partial charge in [-0.15, -0.1) is 11.8 Å². The summed E-state index contributed by atoms with van der Waals surface area (Å²) in [6.07, 6.45) is 3.63. The second-order valence-electron chi connectivity index (χ2n) is 4.13. The Bertz CT molecular complexity index is 543. The second-order valence-corrected chi connectivity index (χ2v) is 5.24. The number of pyridine rings is 1. The number of aryl methyl sites for hydroxylation is 1. The van der Waals surface area contributed by atoms with E-state index >= 15 is 0 Å². The van der Waals surface area contributed by atoms with Crippen LogP contribution in [0, 0.1) is 0 Å². The van der Waals surface area contributed by atoms with Crippen LogP contribution in [0.1, 0.15) is 22.3 Å². The SMILES string of the molecule is O=C(O)c1ccnc(SCCCc2ccccc2)c1. The van der Waals surface area contributed by atoms with E-state index in [4.69, 9.17) is 5.11 Å². The van der Waals surface area contributed by atoms with Crippen molar-refractivity contribution in [2.45, 2.75) is 17.9 Å². The number of hydrogen-bond donors (Lipinski definition) is 1. The van der Waals surface area contributed by atoms with Gasteiger partial charge in [-0.25, -0.2) is 9.78 Å². The molecule has 0 saturated carbocycles. The van der Waals surface area contributed by atoms with Gasteiger partial charge in [-0.3, -0.25) is 0 Å². The zero-order chi connectivity index (χ0) is 13.5. The molecule has 2 rings (SSSR count). The van der Waals surface area contributed by atoms with Crippen LogP contribution in [0.2, 0.25) is 0 Å². The minimum Gasteiger partial charge on any atom is -0.478 e. The molecule has 0 unspecified atom stereocenters. The summed E-state index contributed by atoms with van der Waals surface area (Å²) in [5.74, 6) is 0.0267. The van der Waals surface area contributed by atoms with Crippen LogP contribution >= 0.6 is 11.8 Å². The molecule has 0 aliphatic rings. The Morgan fingerprint density at radius 3 is 2.74 bits per heavy atom. The third-order valence-electron chi connectivity index (χ3n) is 2.68. The quantitative estimate of drug-likeness (QED) is 0.646. The molecule has 0 aliphatic carbocycles. The van der Waals surface area contributed by atoms with Crippen LogP contribution in [0.4, 0.5) is 0 Å². The fourth-order valence-electron chi connectivity index (χ4n) is 1.72. The normalized spacial score (nSPS) is 10.3. The lowest BCUT2D eigenvalue weighted by molar-refractivity contribution is 0.0696. The van der Waals surface area contributed by atoms with Gasteiger partial charge in [-0.1, -0.05) is 30.3 Å². The number of aromatic nitrogens is 1. The van der Waals surface area contributed by atoms with E-state index in [1.54, 1.807) is 24.0 Å². The Kier molecular flexibility index (Phi) is 4.98. The topological polar surface area (TPSA) is 50.2 Å². The lowest BCUT2D eigenvalue weighted by Gasteiger charge is -2.02. The highest BCUT2D eigenvalue weighted by Gasteiger charge is 2.04. The monoisotopic (exact) mass is 273 g/mol. The zero-order valence-electron chi connectivity index (χ0n) is 10.5. The molecule has 1 N–H and O–H groups in total. The highest BCUT2D eigenvalue weighted by Crippen LogP contribution is 2.18. The van der Waals surface area contributed by atoms with Crippen LogP contribution in [-0.4, -0.2) is 21.8 Å². The maximum atomic E-state index is 10.8. The van der Waals surface area contributed by atoms with Gasteiger partial charge in [0.15, 0.2) is 0 Å². The van der Waals surface area contributed by atoms with E-state index in [-0.39, 0.29) is 0 Å². The first-order valence-corrected chi connectivity index (χ1v) is 7.10. The Morgan fingerprint density at radius 2 is 2.00 bits per heavy atom. The van der Waals surface area contributed by atoms with Crippen LogP contribution in [0.25, 0.3) is 0 Å². The molecule has 0 atom stereocenters. The van der Waals surface area contributed by atoms with Gasteiger partial charge < -0.3 is 5.11 Å². The standard InChI is InChI=1S/C15H15NO2S/c17-15(18)13-8-9-16-14(11-13)19-10-4-7-12-5-2-1-3-6-12/h1-3,5-6,8-9,11H,4,7,10H2,(H,17,18). The number of rotatable bonds is 6. The predicted molar refractivity (Wildman–Crippen MR) is 76.7 cm³/mol. The number of nitrogens with zero attached hydrogens (tertiary/aromatic N) is 1. The predicted octanol–water partition coefficient (Wildman–Crippen LogP) is 3.50.